The molecule has 21 heavy (non-hydrogen) atoms. The van der Waals surface area contributed by atoms with Crippen LogP contribution in [-0.2, 0) is 19.9 Å². The van der Waals surface area contributed by atoms with Gasteiger partial charge < -0.3 is 4.74 Å². The van der Waals surface area contributed by atoms with E-state index in [9.17, 15) is 16.8 Å². The standard InChI is InChI=1S/C13H19NO5S2/c1-3-19-12-7-5-6-8-13(12)21(17,18)14-9-11(10-14)20(15,16)4-2/h5-8,11H,3-4,9-10H2,1-2H3. The molecular weight excluding hydrogens is 314 g/mol. The summed E-state index contributed by atoms with van der Waals surface area (Å²) in [4.78, 5) is 0.0826. The Morgan fingerprint density at radius 2 is 1.76 bits per heavy atom. The molecule has 0 aliphatic carbocycles. The molecule has 1 aromatic rings. The summed E-state index contributed by atoms with van der Waals surface area (Å²) in [5, 5.41) is -0.600. The lowest BCUT2D eigenvalue weighted by molar-refractivity contribution is 0.303. The minimum absolute atomic E-state index is 0.0129. The van der Waals surface area contributed by atoms with Crippen LogP contribution in [0.2, 0.25) is 0 Å². The van der Waals surface area contributed by atoms with Crippen LogP contribution in [0.4, 0.5) is 0 Å². The van der Waals surface area contributed by atoms with Crippen LogP contribution in [0.3, 0.4) is 0 Å². The predicted octanol–water partition coefficient (Wildman–Crippen LogP) is 0.893. The summed E-state index contributed by atoms with van der Waals surface area (Å²) < 4.78 is 55.0. The fraction of sp³-hybridized carbons (Fsp3) is 0.538. The maximum Gasteiger partial charge on any atom is 0.246 e. The minimum atomic E-state index is -3.71. The normalized spacial score (nSPS) is 17.4. The second kappa shape index (κ2) is 5.94. The van der Waals surface area contributed by atoms with Crippen LogP contribution in [0, 0.1) is 0 Å². The van der Waals surface area contributed by atoms with Gasteiger partial charge in [-0.15, -0.1) is 0 Å². The van der Waals surface area contributed by atoms with E-state index in [1.54, 1.807) is 32.0 Å². The Kier molecular flexibility index (Phi) is 4.60. The van der Waals surface area contributed by atoms with Crippen LogP contribution >= 0.6 is 0 Å². The zero-order valence-corrected chi connectivity index (χ0v) is 13.7. The first kappa shape index (κ1) is 16.3. The van der Waals surface area contributed by atoms with Crippen LogP contribution in [-0.4, -0.2) is 51.8 Å². The zero-order valence-electron chi connectivity index (χ0n) is 12.0. The molecular formula is C13H19NO5S2. The van der Waals surface area contributed by atoms with Crippen molar-refractivity contribution < 1.29 is 21.6 Å². The fourth-order valence-corrected chi connectivity index (χ4v) is 5.27. The molecule has 0 radical (unpaired) electrons. The zero-order chi connectivity index (χ0) is 15.7. The van der Waals surface area contributed by atoms with Gasteiger partial charge in [-0.1, -0.05) is 19.1 Å². The predicted molar refractivity (Wildman–Crippen MR) is 79.6 cm³/mol. The maximum atomic E-state index is 12.5. The van der Waals surface area contributed by atoms with Crippen molar-refractivity contribution in [3.63, 3.8) is 0 Å². The van der Waals surface area contributed by atoms with Gasteiger partial charge in [-0.25, -0.2) is 16.8 Å². The van der Waals surface area contributed by atoms with Gasteiger partial charge in [0, 0.05) is 18.8 Å². The Balaban J connectivity index is 2.22. The first-order valence-electron chi connectivity index (χ1n) is 6.76. The third-order valence-electron chi connectivity index (χ3n) is 3.49. The molecule has 0 amide bonds. The number of rotatable bonds is 6. The van der Waals surface area contributed by atoms with E-state index in [0.717, 1.165) is 0 Å². The Morgan fingerprint density at radius 1 is 1.14 bits per heavy atom. The molecule has 118 valence electrons. The first-order valence-corrected chi connectivity index (χ1v) is 9.92. The second-order valence-electron chi connectivity index (χ2n) is 4.78. The van der Waals surface area contributed by atoms with Gasteiger partial charge in [0.1, 0.15) is 10.6 Å². The largest absolute Gasteiger partial charge is 0.492 e. The highest BCUT2D eigenvalue weighted by atomic mass is 32.2. The highest BCUT2D eigenvalue weighted by molar-refractivity contribution is 7.92. The van der Waals surface area contributed by atoms with Gasteiger partial charge in [0.2, 0.25) is 10.0 Å². The molecule has 1 saturated heterocycles. The topological polar surface area (TPSA) is 80.8 Å². The Bertz CT molecular complexity index is 706. The van der Waals surface area contributed by atoms with Gasteiger partial charge in [-0.2, -0.15) is 4.31 Å². The Labute approximate surface area is 125 Å². The lowest BCUT2D eigenvalue weighted by atomic mass is 10.3. The number of benzene rings is 1. The van der Waals surface area contributed by atoms with E-state index >= 15 is 0 Å². The smallest absolute Gasteiger partial charge is 0.246 e. The molecule has 0 atom stereocenters. The summed E-state index contributed by atoms with van der Waals surface area (Å²) in [6, 6.07) is 6.39. The van der Waals surface area contributed by atoms with Crippen molar-refractivity contribution in [1.29, 1.82) is 0 Å². The molecule has 0 bridgehead atoms. The number of hydrogen-bond acceptors (Lipinski definition) is 5. The molecule has 1 fully saturated rings. The van der Waals surface area contributed by atoms with Crippen molar-refractivity contribution in [2.75, 3.05) is 25.4 Å². The molecule has 0 saturated carbocycles. The van der Waals surface area contributed by atoms with Gasteiger partial charge in [-0.3, -0.25) is 0 Å². The first-order chi connectivity index (χ1) is 9.82. The average molecular weight is 333 g/mol. The molecule has 0 N–H and O–H groups in total. The summed E-state index contributed by atoms with van der Waals surface area (Å²) in [5.41, 5.74) is 0. The van der Waals surface area contributed by atoms with Crippen molar-refractivity contribution in [2.24, 2.45) is 0 Å². The van der Waals surface area contributed by atoms with Gasteiger partial charge in [0.05, 0.1) is 11.9 Å². The minimum Gasteiger partial charge on any atom is -0.492 e. The monoisotopic (exact) mass is 333 g/mol. The summed E-state index contributed by atoms with van der Waals surface area (Å²) in [6.07, 6.45) is 0. The van der Waals surface area contributed by atoms with E-state index in [1.807, 2.05) is 0 Å². The van der Waals surface area contributed by atoms with E-state index in [4.69, 9.17) is 4.74 Å². The number of sulfonamides is 1. The van der Waals surface area contributed by atoms with E-state index < -0.39 is 25.1 Å². The van der Waals surface area contributed by atoms with Crippen LogP contribution < -0.4 is 4.74 Å². The molecule has 2 rings (SSSR count). The summed E-state index contributed by atoms with van der Waals surface area (Å²) in [7, 11) is -6.91. The molecule has 1 aromatic carbocycles. The van der Waals surface area contributed by atoms with Crippen molar-refractivity contribution >= 4 is 19.9 Å². The van der Waals surface area contributed by atoms with Gasteiger partial charge in [-0.05, 0) is 19.1 Å². The van der Waals surface area contributed by atoms with E-state index in [1.165, 1.54) is 10.4 Å². The summed E-state index contributed by atoms with van der Waals surface area (Å²) in [5.74, 6) is 0.322. The van der Waals surface area contributed by atoms with Gasteiger partial charge >= 0.3 is 0 Å². The van der Waals surface area contributed by atoms with Crippen molar-refractivity contribution in [1.82, 2.24) is 4.31 Å². The Hall–Kier alpha value is -1.12. The second-order valence-corrected chi connectivity index (χ2v) is 9.25. The molecule has 1 aliphatic rings. The number of sulfone groups is 1. The number of ether oxygens (including phenoxy) is 1. The average Bonchev–Trinajstić information content (AvgIpc) is 2.37. The number of nitrogens with zero attached hydrogens (tertiary/aromatic N) is 1. The molecule has 6 nitrogen and oxygen atoms in total. The van der Waals surface area contributed by atoms with E-state index in [2.05, 4.69) is 0 Å². The summed E-state index contributed by atoms with van der Waals surface area (Å²) >= 11 is 0. The van der Waals surface area contributed by atoms with Crippen LogP contribution in [0.15, 0.2) is 29.2 Å². The number of hydrogen-bond donors (Lipinski definition) is 0. The van der Waals surface area contributed by atoms with Gasteiger partial charge in [0.25, 0.3) is 0 Å². The Morgan fingerprint density at radius 3 is 2.33 bits per heavy atom. The molecule has 1 heterocycles. The highest BCUT2D eigenvalue weighted by Crippen LogP contribution is 2.30. The van der Waals surface area contributed by atoms with Crippen LogP contribution in [0.5, 0.6) is 5.75 Å². The lowest BCUT2D eigenvalue weighted by Gasteiger charge is -2.37. The molecule has 0 unspecified atom stereocenters. The lowest BCUT2D eigenvalue weighted by Crippen LogP contribution is -2.57. The molecule has 8 heteroatoms. The highest BCUT2D eigenvalue weighted by Gasteiger charge is 2.43. The summed E-state index contributed by atoms with van der Waals surface area (Å²) in [6.45, 7) is 3.73. The van der Waals surface area contributed by atoms with Crippen molar-refractivity contribution in [2.45, 2.75) is 24.0 Å². The fourth-order valence-electron chi connectivity index (χ4n) is 2.14. The molecule has 0 spiro atoms. The SMILES string of the molecule is CCOc1ccccc1S(=O)(=O)N1CC(S(=O)(=O)CC)C1. The maximum absolute atomic E-state index is 12.5. The van der Waals surface area contributed by atoms with Crippen molar-refractivity contribution in [3.8, 4) is 5.75 Å². The van der Waals surface area contributed by atoms with Crippen molar-refractivity contribution in [3.05, 3.63) is 24.3 Å². The van der Waals surface area contributed by atoms with Gasteiger partial charge in [0.15, 0.2) is 9.84 Å². The third-order valence-corrected chi connectivity index (χ3v) is 7.48. The van der Waals surface area contributed by atoms with Crippen LogP contribution in [0.1, 0.15) is 13.8 Å². The van der Waals surface area contributed by atoms with E-state index in [0.29, 0.717) is 12.4 Å². The van der Waals surface area contributed by atoms with E-state index in [-0.39, 0.29) is 23.7 Å². The number of para-hydroxylation sites is 1. The van der Waals surface area contributed by atoms with Crippen LogP contribution in [0.25, 0.3) is 0 Å². The molecule has 0 aromatic heterocycles. The third kappa shape index (κ3) is 3.07. The quantitative estimate of drug-likeness (QED) is 0.772. The molecule has 1 aliphatic heterocycles.